The van der Waals surface area contributed by atoms with Crippen molar-refractivity contribution >= 4 is 17.6 Å². The molecule has 0 aliphatic rings. The summed E-state index contributed by atoms with van der Waals surface area (Å²) in [5.74, 6) is -1.75. The number of rotatable bonds is 4. The van der Waals surface area contributed by atoms with Gasteiger partial charge < -0.3 is 15.6 Å². The van der Waals surface area contributed by atoms with Crippen LogP contribution in [0, 0.1) is 0 Å². The molecule has 1 rings (SSSR count). The Kier molecular flexibility index (Phi) is 3.68. The van der Waals surface area contributed by atoms with Gasteiger partial charge >= 0.3 is 11.9 Å². The maximum absolute atomic E-state index is 11.1. The summed E-state index contributed by atoms with van der Waals surface area (Å²) in [4.78, 5) is 21.2. The predicted octanol–water partition coefficient (Wildman–Crippen LogP) is 0.439. The van der Waals surface area contributed by atoms with Crippen LogP contribution in [0.15, 0.2) is 24.3 Å². The molecule has 1 aromatic carbocycles. The van der Waals surface area contributed by atoms with Crippen LogP contribution in [0.3, 0.4) is 0 Å². The molecule has 5 nitrogen and oxygen atoms in total. The van der Waals surface area contributed by atoms with Crippen LogP contribution >= 0.6 is 0 Å². The molecule has 0 unspecified atom stereocenters. The molecule has 0 radical (unpaired) electrons. The lowest BCUT2D eigenvalue weighted by Crippen LogP contribution is -2.14. The van der Waals surface area contributed by atoms with Crippen LogP contribution in [-0.2, 0) is 20.7 Å². The zero-order valence-electron chi connectivity index (χ0n) is 7.97. The van der Waals surface area contributed by atoms with Gasteiger partial charge in [-0.1, -0.05) is 12.1 Å². The molecule has 0 heterocycles. The third kappa shape index (κ3) is 4.12. The van der Waals surface area contributed by atoms with E-state index in [1.54, 1.807) is 24.3 Å². The van der Waals surface area contributed by atoms with E-state index in [1.807, 2.05) is 0 Å². The molecule has 0 spiro atoms. The highest BCUT2D eigenvalue weighted by atomic mass is 16.5. The van der Waals surface area contributed by atoms with Gasteiger partial charge in [0, 0.05) is 5.69 Å². The van der Waals surface area contributed by atoms with Gasteiger partial charge in [-0.2, -0.15) is 0 Å². The summed E-state index contributed by atoms with van der Waals surface area (Å²) in [6.07, 6.45) is 0.0261. The van der Waals surface area contributed by atoms with E-state index in [9.17, 15) is 9.59 Å². The van der Waals surface area contributed by atoms with Crippen molar-refractivity contribution in [2.75, 3.05) is 12.3 Å². The predicted molar refractivity (Wildman–Crippen MR) is 53.2 cm³/mol. The first-order valence-electron chi connectivity index (χ1n) is 4.30. The molecule has 15 heavy (non-hydrogen) atoms. The molecule has 3 N–H and O–H groups in total. The highest BCUT2D eigenvalue weighted by Gasteiger charge is 2.07. The minimum absolute atomic E-state index is 0.0261. The number of carboxylic acids is 1. The normalized spacial score (nSPS) is 9.60. The second kappa shape index (κ2) is 4.99. The molecule has 0 saturated carbocycles. The van der Waals surface area contributed by atoms with E-state index in [0.29, 0.717) is 11.3 Å². The van der Waals surface area contributed by atoms with Crippen LogP contribution < -0.4 is 5.73 Å². The zero-order chi connectivity index (χ0) is 11.3. The summed E-state index contributed by atoms with van der Waals surface area (Å²) in [6.45, 7) is -0.610. The van der Waals surface area contributed by atoms with Gasteiger partial charge in [0.25, 0.3) is 0 Å². The first kappa shape index (κ1) is 11.0. The van der Waals surface area contributed by atoms with E-state index in [-0.39, 0.29) is 6.42 Å². The fourth-order valence-electron chi connectivity index (χ4n) is 1.06. The molecule has 0 aliphatic carbocycles. The number of carboxylic acid groups (broad SMARTS) is 1. The molecule has 80 valence electrons. The SMILES string of the molecule is Nc1cccc(CC(=O)OCC(=O)O)c1. The van der Waals surface area contributed by atoms with E-state index in [2.05, 4.69) is 4.74 Å². The lowest BCUT2D eigenvalue weighted by atomic mass is 10.1. The molecule has 5 heteroatoms. The Bertz CT molecular complexity index is 375. The summed E-state index contributed by atoms with van der Waals surface area (Å²) < 4.78 is 4.47. The number of carbonyl (C=O) groups is 2. The molecule has 0 bridgehead atoms. The number of nitrogens with two attached hydrogens (primary N) is 1. The number of ether oxygens (including phenoxy) is 1. The summed E-state index contributed by atoms with van der Waals surface area (Å²) in [5.41, 5.74) is 6.76. The van der Waals surface area contributed by atoms with Crippen LogP contribution in [0.2, 0.25) is 0 Å². The Labute approximate surface area is 86.5 Å². The summed E-state index contributed by atoms with van der Waals surface area (Å²) >= 11 is 0. The first-order valence-corrected chi connectivity index (χ1v) is 4.30. The minimum Gasteiger partial charge on any atom is -0.479 e. The fraction of sp³-hybridized carbons (Fsp3) is 0.200. The molecular formula is C10H11NO4. The number of hydrogen-bond donors (Lipinski definition) is 2. The van der Waals surface area contributed by atoms with Gasteiger partial charge in [-0.25, -0.2) is 4.79 Å². The molecule has 0 amide bonds. The van der Waals surface area contributed by atoms with Crippen molar-refractivity contribution in [2.24, 2.45) is 0 Å². The van der Waals surface area contributed by atoms with E-state index < -0.39 is 18.5 Å². The van der Waals surface area contributed by atoms with Crippen LogP contribution in [0.1, 0.15) is 5.56 Å². The Morgan fingerprint density at radius 1 is 1.40 bits per heavy atom. The summed E-state index contributed by atoms with van der Waals surface area (Å²) in [6, 6.07) is 6.78. The van der Waals surface area contributed by atoms with Gasteiger partial charge in [-0.15, -0.1) is 0 Å². The number of benzene rings is 1. The van der Waals surface area contributed by atoms with E-state index >= 15 is 0 Å². The minimum atomic E-state index is -1.17. The zero-order valence-corrected chi connectivity index (χ0v) is 7.97. The lowest BCUT2D eigenvalue weighted by Gasteiger charge is -2.02. The molecular weight excluding hydrogens is 198 g/mol. The Morgan fingerprint density at radius 2 is 2.13 bits per heavy atom. The van der Waals surface area contributed by atoms with Crippen molar-refractivity contribution in [3.05, 3.63) is 29.8 Å². The summed E-state index contributed by atoms with van der Waals surface area (Å²) in [7, 11) is 0. The topological polar surface area (TPSA) is 89.6 Å². The van der Waals surface area contributed by atoms with Gasteiger partial charge in [0.05, 0.1) is 6.42 Å². The van der Waals surface area contributed by atoms with E-state index in [1.165, 1.54) is 0 Å². The third-order valence-corrected chi connectivity index (χ3v) is 1.66. The monoisotopic (exact) mass is 209 g/mol. The van der Waals surface area contributed by atoms with Crippen molar-refractivity contribution in [2.45, 2.75) is 6.42 Å². The van der Waals surface area contributed by atoms with Crippen molar-refractivity contribution < 1.29 is 19.4 Å². The van der Waals surface area contributed by atoms with E-state index in [0.717, 1.165) is 0 Å². The fourth-order valence-corrected chi connectivity index (χ4v) is 1.06. The smallest absolute Gasteiger partial charge is 0.341 e. The van der Waals surface area contributed by atoms with Gasteiger partial charge in [-0.3, -0.25) is 4.79 Å². The van der Waals surface area contributed by atoms with E-state index in [4.69, 9.17) is 10.8 Å². The highest BCUT2D eigenvalue weighted by Crippen LogP contribution is 2.07. The number of esters is 1. The van der Waals surface area contributed by atoms with Crippen molar-refractivity contribution in [1.82, 2.24) is 0 Å². The Hall–Kier alpha value is -2.04. The maximum atomic E-state index is 11.1. The summed E-state index contributed by atoms with van der Waals surface area (Å²) in [5, 5.41) is 8.28. The van der Waals surface area contributed by atoms with Crippen LogP contribution in [0.4, 0.5) is 5.69 Å². The van der Waals surface area contributed by atoms with Crippen LogP contribution in [-0.4, -0.2) is 23.7 Å². The van der Waals surface area contributed by atoms with Gasteiger partial charge in [0.2, 0.25) is 0 Å². The Balaban J connectivity index is 2.48. The second-order valence-electron chi connectivity index (χ2n) is 2.98. The lowest BCUT2D eigenvalue weighted by molar-refractivity contribution is -0.154. The standard InChI is InChI=1S/C10H11NO4/c11-8-3-1-2-7(4-8)5-10(14)15-6-9(12)13/h1-4H,5-6,11H2,(H,12,13). The molecule has 0 fully saturated rings. The number of carbonyl (C=O) groups excluding carboxylic acids is 1. The highest BCUT2D eigenvalue weighted by molar-refractivity contribution is 5.77. The molecule has 0 aliphatic heterocycles. The number of hydrogen-bond acceptors (Lipinski definition) is 4. The largest absolute Gasteiger partial charge is 0.479 e. The average molecular weight is 209 g/mol. The van der Waals surface area contributed by atoms with Crippen molar-refractivity contribution in [1.29, 1.82) is 0 Å². The quantitative estimate of drug-likeness (QED) is 0.554. The van der Waals surface area contributed by atoms with Gasteiger partial charge in [0.1, 0.15) is 0 Å². The molecule has 0 saturated heterocycles. The number of nitrogen functional groups attached to an aromatic ring is 1. The van der Waals surface area contributed by atoms with Crippen LogP contribution in [0.25, 0.3) is 0 Å². The first-order chi connectivity index (χ1) is 7.08. The van der Waals surface area contributed by atoms with Crippen molar-refractivity contribution in [3.63, 3.8) is 0 Å². The molecule has 1 aromatic rings. The maximum Gasteiger partial charge on any atom is 0.341 e. The molecule has 0 aromatic heterocycles. The number of aliphatic carboxylic acids is 1. The average Bonchev–Trinajstić information content (AvgIpc) is 2.15. The molecule has 0 atom stereocenters. The third-order valence-electron chi connectivity index (χ3n) is 1.66. The van der Waals surface area contributed by atoms with Gasteiger partial charge in [0.15, 0.2) is 6.61 Å². The Morgan fingerprint density at radius 3 is 2.73 bits per heavy atom. The number of anilines is 1. The van der Waals surface area contributed by atoms with Gasteiger partial charge in [-0.05, 0) is 17.7 Å². The van der Waals surface area contributed by atoms with Crippen LogP contribution in [0.5, 0.6) is 0 Å². The van der Waals surface area contributed by atoms with Crippen molar-refractivity contribution in [3.8, 4) is 0 Å². The second-order valence-corrected chi connectivity index (χ2v) is 2.98.